The van der Waals surface area contributed by atoms with E-state index in [4.69, 9.17) is 5.73 Å². The summed E-state index contributed by atoms with van der Waals surface area (Å²) >= 11 is 0. The zero-order valence-electron chi connectivity index (χ0n) is 11.2. The predicted molar refractivity (Wildman–Crippen MR) is 78.4 cm³/mol. The molecule has 1 aromatic heterocycles. The molecule has 0 saturated carbocycles. The monoisotopic (exact) mass is 291 g/mol. The van der Waals surface area contributed by atoms with Crippen molar-refractivity contribution in [2.45, 2.75) is 18.4 Å². The summed E-state index contributed by atoms with van der Waals surface area (Å²) in [6.07, 6.45) is 3.30. The SMILES string of the molecule is CCN(Cc1ccncc1)S(=O)(=O)c1cccc(N)c1. The number of sulfonamides is 1. The number of nitrogen functional groups attached to an aromatic ring is 1. The van der Waals surface area contributed by atoms with Gasteiger partial charge in [0.1, 0.15) is 0 Å². The minimum Gasteiger partial charge on any atom is -0.399 e. The van der Waals surface area contributed by atoms with Gasteiger partial charge in [0.25, 0.3) is 0 Å². The van der Waals surface area contributed by atoms with Gasteiger partial charge in [-0.25, -0.2) is 8.42 Å². The summed E-state index contributed by atoms with van der Waals surface area (Å²) in [4.78, 5) is 4.14. The van der Waals surface area contributed by atoms with Gasteiger partial charge in [0.2, 0.25) is 10.0 Å². The number of anilines is 1. The zero-order valence-corrected chi connectivity index (χ0v) is 12.0. The van der Waals surface area contributed by atoms with Crippen molar-refractivity contribution >= 4 is 15.7 Å². The molecule has 2 N–H and O–H groups in total. The average molecular weight is 291 g/mol. The Morgan fingerprint density at radius 3 is 2.50 bits per heavy atom. The van der Waals surface area contributed by atoms with Gasteiger partial charge in [0.05, 0.1) is 4.90 Å². The summed E-state index contributed by atoms with van der Waals surface area (Å²) in [5, 5.41) is 0. The molecular weight excluding hydrogens is 274 g/mol. The topological polar surface area (TPSA) is 76.3 Å². The number of benzene rings is 1. The fourth-order valence-corrected chi connectivity index (χ4v) is 3.38. The molecule has 5 nitrogen and oxygen atoms in total. The van der Waals surface area contributed by atoms with Crippen molar-refractivity contribution in [2.75, 3.05) is 12.3 Å². The molecule has 0 aliphatic rings. The van der Waals surface area contributed by atoms with Crippen LogP contribution in [0.4, 0.5) is 5.69 Å². The molecule has 0 amide bonds. The van der Waals surface area contributed by atoms with Gasteiger partial charge in [-0.05, 0) is 35.9 Å². The van der Waals surface area contributed by atoms with Crippen LogP contribution >= 0.6 is 0 Å². The van der Waals surface area contributed by atoms with Crippen molar-refractivity contribution in [3.63, 3.8) is 0 Å². The molecule has 0 saturated heterocycles. The van der Waals surface area contributed by atoms with Gasteiger partial charge >= 0.3 is 0 Å². The van der Waals surface area contributed by atoms with Gasteiger partial charge < -0.3 is 5.73 Å². The molecule has 0 bridgehead atoms. The molecule has 0 radical (unpaired) electrons. The van der Waals surface area contributed by atoms with Crippen molar-refractivity contribution in [3.8, 4) is 0 Å². The fourth-order valence-electron chi connectivity index (χ4n) is 1.88. The quantitative estimate of drug-likeness (QED) is 0.853. The summed E-state index contributed by atoms with van der Waals surface area (Å²) < 4.78 is 26.6. The molecule has 0 atom stereocenters. The van der Waals surface area contributed by atoms with Gasteiger partial charge in [0.15, 0.2) is 0 Å². The highest BCUT2D eigenvalue weighted by Crippen LogP contribution is 2.19. The van der Waals surface area contributed by atoms with Crippen LogP contribution in [0.15, 0.2) is 53.7 Å². The third kappa shape index (κ3) is 3.15. The maximum atomic E-state index is 12.6. The van der Waals surface area contributed by atoms with Crippen molar-refractivity contribution in [1.29, 1.82) is 0 Å². The van der Waals surface area contributed by atoms with E-state index in [2.05, 4.69) is 4.98 Å². The van der Waals surface area contributed by atoms with Gasteiger partial charge in [-0.15, -0.1) is 0 Å². The van der Waals surface area contributed by atoms with E-state index in [0.29, 0.717) is 18.8 Å². The Bertz CT molecular complexity index is 672. The Kier molecular flexibility index (Phi) is 4.36. The minimum absolute atomic E-state index is 0.216. The lowest BCUT2D eigenvalue weighted by atomic mass is 10.3. The molecule has 20 heavy (non-hydrogen) atoms. The Balaban J connectivity index is 2.31. The third-order valence-corrected chi connectivity index (χ3v) is 4.87. The summed E-state index contributed by atoms with van der Waals surface area (Å²) in [7, 11) is -3.54. The first kappa shape index (κ1) is 14.5. The van der Waals surface area contributed by atoms with Gasteiger partial charge in [0, 0.05) is 31.2 Å². The number of nitrogens with two attached hydrogens (primary N) is 1. The lowest BCUT2D eigenvalue weighted by molar-refractivity contribution is 0.423. The van der Waals surface area contributed by atoms with Crippen molar-refractivity contribution in [1.82, 2.24) is 9.29 Å². The minimum atomic E-state index is -3.54. The number of pyridine rings is 1. The van der Waals surface area contributed by atoms with Crippen molar-refractivity contribution in [2.24, 2.45) is 0 Å². The number of aromatic nitrogens is 1. The van der Waals surface area contributed by atoms with E-state index in [1.165, 1.54) is 10.4 Å². The first-order valence-electron chi connectivity index (χ1n) is 6.28. The highest BCUT2D eigenvalue weighted by Gasteiger charge is 2.23. The van der Waals surface area contributed by atoms with Crippen LogP contribution in [-0.4, -0.2) is 24.3 Å². The van der Waals surface area contributed by atoms with E-state index >= 15 is 0 Å². The van der Waals surface area contributed by atoms with Crippen LogP contribution in [0.25, 0.3) is 0 Å². The van der Waals surface area contributed by atoms with Crippen molar-refractivity contribution in [3.05, 3.63) is 54.4 Å². The Morgan fingerprint density at radius 2 is 1.90 bits per heavy atom. The number of rotatable bonds is 5. The van der Waals surface area contributed by atoms with Crippen LogP contribution in [-0.2, 0) is 16.6 Å². The molecular formula is C14H17N3O2S. The van der Waals surface area contributed by atoms with E-state index in [-0.39, 0.29) is 4.90 Å². The zero-order chi connectivity index (χ0) is 14.6. The third-order valence-electron chi connectivity index (χ3n) is 2.96. The molecule has 106 valence electrons. The second kappa shape index (κ2) is 6.02. The van der Waals surface area contributed by atoms with E-state index in [1.807, 2.05) is 6.92 Å². The van der Waals surface area contributed by atoms with Crippen LogP contribution in [0.1, 0.15) is 12.5 Å². The summed E-state index contributed by atoms with van der Waals surface area (Å²) in [5.74, 6) is 0. The molecule has 0 aliphatic carbocycles. The molecule has 6 heteroatoms. The van der Waals surface area contributed by atoms with Crippen LogP contribution in [0, 0.1) is 0 Å². The second-order valence-corrected chi connectivity index (χ2v) is 6.30. The molecule has 2 aromatic rings. The lowest BCUT2D eigenvalue weighted by Gasteiger charge is -2.20. The Labute approximate surface area is 119 Å². The number of hydrogen-bond donors (Lipinski definition) is 1. The normalized spacial score (nSPS) is 11.7. The number of nitrogens with zero attached hydrogens (tertiary/aromatic N) is 2. The van der Waals surface area contributed by atoms with Crippen LogP contribution in [0.5, 0.6) is 0 Å². The van der Waals surface area contributed by atoms with E-state index < -0.39 is 10.0 Å². The van der Waals surface area contributed by atoms with Crippen molar-refractivity contribution < 1.29 is 8.42 Å². The number of hydrogen-bond acceptors (Lipinski definition) is 4. The molecule has 0 spiro atoms. The smallest absolute Gasteiger partial charge is 0.243 e. The first-order chi connectivity index (χ1) is 9.54. The van der Waals surface area contributed by atoms with Gasteiger partial charge in [-0.2, -0.15) is 4.31 Å². The molecule has 0 fully saturated rings. The van der Waals surface area contributed by atoms with Crippen LogP contribution in [0.3, 0.4) is 0 Å². The first-order valence-corrected chi connectivity index (χ1v) is 7.72. The largest absolute Gasteiger partial charge is 0.399 e. The van der Waals surface area contributed by atoms with Crippen LogP contribution < -0.4 is 5.73 Å². The average Bonchev–Trinajstić information content (AvgIpc) is 2.45. The van der Waals surface area contributed by atoms with Gasteiger partial charge in [-0.3, -0.25) is 4.98 Å². The lowest BCUT2D eigenvalue weighted by Crippen LogP contribution is -2.30. The highest BCUT2D eigenvalue weighted by atomic mass is 32.2. The molecule has 1 heterocycles. The molecule has 2 rings (SSSR count). The fraction of sp³-hybridized carbons (Fsp3) is 0.214. The summed E-state index contributed by atoms with van der Waals surface area (Å²) in [6, 6.07) is 9.95. The van der Waals surface area contributed by atoms with E-state index in [1.54, 1.807) is 42.7 Å². The predicted octanol–water partition coefficient (Wildman–Crippen LogP) is 1.87. The Morgan fingerprint density at radius 1 is 1.20 bits per heavy atom. The summed E-state index contributed by atoms with van der Waals surface area (Å²) in [6.45, 7) is 2.51. The summed E-state index contributed by atoms with van der Waals surface area (Å²) in [5.41, 5.74) is 6.99. The van der Waals surface area contributed by atoms with Crippen LogP contribution in [0.2, 0.25) is 0 Å². The molecule has 1 aromatic carbocycles. The highest BCUT2D eigenvalue weighted by molar-refractivity contribution is 7.89. The second-order valence-electron chi connectivity index (χ2n) is 4.36. The van der Waals surface area contributed by atoms with Gasteiger partial charge in [-0.1, -0.05) is 13.0 Å². The van der Waals surface area contributed by atoms with E-state index in [9.17, 15) is 8.42 Å². The maximum Gasteiger partial charge on any atom is 0.243 e. The molecule has 0 aliphatic heterocycles. The molecule has 0 unspecified atom stereocenters. The van der Waals surface area contributed by atoms with E-state index in [0.717, 1.165) is 5.56 Å². The maximum absolute atomic E-state index is 12.6. The Hall–Kier alpha value is -1.92. The standard InChI is InChI=1S/C14H17N3O2S/c1-2-17(11-12-6-8-16-9-7-12)20(18,19)14-5-3-4-13(15)10-14/h3-10H,2,11,15H2,1H3.